The third-order valence-corrected chi connectivity index (χ3v) is 1.37. The number of benzene rings is 1. The van der Waals surface area contributed by atoms with Gasteiger partial charge in [-0.3, -0.25) is 0 Å². The first-order valence-electron chi connectivity index (χ1n) is 9.05. The molecule has 1 aliphatic rings. The van der Waals surface area contributed by atoms with Crippen molar-refractivity contribution < 1.29 is 24.6 Å². The topological polar surface area (TPSA) is 21.8 Å². The molecule has 2 nitrogen and oxygen atoms in total. The Balaban J connectivity index is 2.44. The van der Waals surface area contributed by atoms with Gasteiger partial charge in [0.15, 0.2) is 0 Å². The maximum absolute atomic E-state index is 7.70. The molecule has 2 heteroatoms. The number of rotatable bonds is 3. The maximum Gasteiger partial charge on any atom is 0.119 e. The van der Waals surface area contributed by atoms with Gasteiger partial charge in [-0.15, -0.1) is 0 Å². The molecule has 0 amide bonds. The standard InChI is InChI=1S/C11H14O2/c1-8-3-9(2)5-10(4-8)12-6-11-7-13-11/h3-5,11H,6-7H2,1-2H3/i1D3,2D3,6D2,7D2,11D. The molecule has 1 unspecified atom stereocenters. The van der Waals surface area contributed by atoms with Crippen molar-refractivity contribution in [1.82, 2.24) is 0 Å². The molecule has 13 heavy (non-hydrogen) atoms. The van der Waals surface area contributed by atoms with E-state index in [1.54, 1.807) is 0 Å². The van der Waals surface area contributed by atoms with Crippen molar-refractivity contribution in [3.63, 3.8) is 0 Å². The van der Waals surface area contributed by atoms with E-state index in [4.69, 9.17) is 19.8 Å². The lowest BCUT2D eigenvalue weighted by Gasteiger charge is -2.06. The van der Waals surface area contributed by atoms with Gasteiger partial charge < -0.3 is 9.47 Å². The van der Waals surface area contributed by atoms with Crippen LogP contribution in [0, 0.1) is 13.7 Å². The van der Waals surface area contributed by atoms with Gasteiger partial charge in [-0.25, -0.2) is 0 Å². The molecule has 1 fully saturated rings. The summed E-state index contributed by atoms with van der Waals surface area (Å²) in [6, 6.07) is 2.81. The van der Waals surface area contributed by atoms with Crippen LogP contribution in [0.1, 0.15) is 26.2 Å². The molecule has 1 aromatic rings. The molecule has 0 radical (unpaired) electrons. The molecule has 1 atom stereocenters. The van der Waals surface area contributed by atoms with E-state index in [1.807, 2.05) is 0 Å². The lowest BCUT2D eigenvalue weighted by Crippen LogP contribution is -2.04. The second-order valence-corrected chi connectivity index (χ2v) is 2.48. The first kappa shape index (κ1) is 2.51. The molecule has 0 spiro atoms. The first-order valence-corrected chi connectivity index (χ1v) is 3.55. The summed E-state index contributed by atoms with van der Waals surface area (Å²) in [5.41, 5.74) is -0.749. The fourth-order valence-electron chi connectivity index (χ4n) is 0.830. The Kier molecular flexibility index (Phi) is 0.654. The summed E-state index contributed by atoms with van der Waals surface area (Å²) in [4.78, 5) is 0. The zero-order chi connectivity index (χ0) is 18.8. The summed E-state index contributed by atoms with van der Waals surface area (Å²) in [6.07, 6.45) is -2.64. The van der Waals surface area contributed by atoms with Crippen molar-refractivity contribution in [1.29, 1.82) is 0 Å². The van der Waals surface area contributed by atoms with Crippen LogP contribution in [-0.4, -0.2) is 19.2 Å². The zero-order valence-corrected chi connectivity index (χ0v) is 6.55. The molecule has 0 N–H and O–H groups in total. The molecule has 1 aliphatic heterocycles. The normalized spacial score (nSPS) is 45.1. The van der Waals surface area contributed by atoms with E-state index < -0.39 is 38.7 Å². The lowest BCUT2D eigenvalue weighted by molar-refractivity contribution is 0.263. The molecule has 0 saturated carbocycles. The van der Waals surface area contributed by atoms with Crippen LogP contribution < -0.4 is 4.74 Å². The summed E-state index contributed by atoms with van der Waals surface area (Å²) in [7, 11) is 0. The van der Waals surface area contributed by atoms with E-state index in [1.165, 1.54) is 0 Å². The molecule has 1 heterocycles. The number of ether oxygens (including phenoxy) is 2. The number of hydrogen-bond acceptors (Lipinski definition) is 2. The molecule has 0 aliphatic carbocycles. The van der Waals surface area contributed by atoms with E-state index in [0.717, 1.165) is 18.2 Å². The molecular formula is C11H14O2. The van der Waals surface area contributed by atoms with Crippen molar-refractivity contribution in [2.24, 2.45) is 0 Å². The van der Waals surface area contributed by atoms with Crippen molar-refractivity contribution in [2.45, 2.75) is 19.8 Å². The smallest absolute Gasteiger partial charge is 0.119 e. The highest BCUT2D eigenvalue weighted by atomic mass is 16.6. The fraction of sp³-hybridized carbons (Fsp3) is 0.455. The Bertz CT molecular complexity index is 616. The molecular weight excluding hydrogens is 164 g/mol. The van der Waals surface area contributed by atoms with Crippen LogP contribution in [0.2, 0.25) is 0 Å². The highest BCUT2D eigenvalue weighted by molar-refractivity contribution is 5.33. The van der Waals surface area contributed by atoms with Gasteiger partial charge in [0, 0.05) is 8.22 Å². The molecule has 1 saturated heterocycles. The Morgan fingerprint density at radius 2 is 2.38 bits per heavy atom. The van der Waals surface area contributed by atoms with E-state index in [2.05, 4.69) is 4.74 Å². The zero-order valence-electron chi connectivity index (χ0n) is 17.5. The minimum Gasteiger partial charge on any atom is -0.491 e. The van der Waals surface area contributed by atoms with E-state index >= 15 is 0 Å². The van der Waals surface area contributed by atoms with Crippen LogP contribution in [0.5, 0.6) is 5.75 Å². The summed E-state index contributed by atoms with van der Waals surface area (Å²) in [6.45, 7) is -10.9. The Morgan fingerprint density at radius 3 is 2.92 bits per heavy atom. The van der Waals surface area contributed by atoms with Crippen molar-refractivity contribution >= 4 is 0 Å². The van der Waals surface area contributed by atoms with Crippen molar-refractivity contribution in [3.8, 4) is 5.75 Å². The fourth-order valence-corrected chi connectivity index (χ4v) is 0.830. The number of epoxide rings is 1. The lowest BCUT2D eigenvalue weighted by atomic mass is 10.1. The van der Waals surface area contributed by atoms with Crippen molar-refractivity contribution in [3.05, 3.63) is 29.3 Å². The summed E-state index contributed by atoms with van der Waals surface area (Å²) < 4.78 is 91.1. The molecule has 2 rings (SSSR count). The van der Waals surface area contributed by atoms with Crippen molar-refractivity contribution in [2.75, 3.05) is 13.1 Å². The van der Waals surface area contributed by atoms with Gasteiger partial charge >= 0.3 is 0 Å². The second kappa shape index (κ2) is 3.38. The van der Waals surface area contributed by atoms with Gasteiger partial charge in [-0.1, -0.05) is 6.07 Å². The highest BCUT2D eigenvalue weighted by Gasteiger charge is 2.22. The Morgan fingerprint density at radius 1 is 1.69 bits per heavy atom. The average molecular weight is 189 g/mol. The third kappa shape index (κ3) is 2.46. The highest BCUT2D eigenvalue weighted by Crippen LogP contribution is 2.18. The first-order chi connectivity index (χ1) is 10.5. The van der Waals surface area contributed by atoms with E-state index in [-0.39, 0.29) is 11.1 Å². The van der Waals surface area contributed by atoms with Gasteiger partial charge in [0.25, 0.3) is 0 Å². The van der Waals surface area contributed by atoms with Crippen LogP contribution in [0.4, 0.5) is 0 Å². The predicted octanol–water partition coefficient (Wildman–Crippen LogP) is 2.08. The van der Waals surface area contributed by atoms with Gasteiger partial charge in [0.1, 0.15) is 18.4 Å². The maximum atomic E-state index is 7.70. The predicted molar refractivity (Wildman–Crippen MR) is 51.2 cm³/mol. The second-order valence-electron chi connectivity index (χ2n) is 2.48. The van der Waals surface area contributed by atoms with Gasteiger partial charge in [0.05, 0.1) is 13.4 Å². The molecule has 0 bridgehead atoms. The SMILES string of the molecule is [2H]C([2H])([2H])c1cc(OC([2H])([2H])C2([2H])OC2([2H])[2H])cc(C([2H])([2H])[2H])c1. The average Bonchev–Trinajstić information content (AvgIpc) is 2.87. The summed E-state index contributed by atoms with van der Waals surface area (Å²) in [5, 5.41) is 0. The molecule has 1 aromatic carbocycles. The van der Waals surface area contributed by atoms with Crippen LogP contribution in [0.25, 0.3) is 0 Å². The summed E-state index contributed by atoms with van der Waals surface area (Å²) >= 11 is 0. The van der Waals surface area contributed by atoms with Crippen LogP contribution in [0.15, 0.2) is 18.2 Å². The van der Waals surface area contributed by atoms with Gasteiger partial charge in [-0.05, 0) is 37.0 Å². The monoisotopic (exact) mass is 189 g/mol. The molecule has 70 valence electrons. The van der Waals surface area contributed by atoms with E-state index in [9.17, 15) is 0 Å². The quantitative estimate of drug-likeness (QED) is 0.679. The Hall–Kier alpha value is -1.02. The minimum absolute atomic E-state index is 0.374. The minimum atomic E-state index is -2.98. The van der Waals surface area contributed by atoms with E-state index in [0.29, 0.717) is 0 Å². The van der Waals surface area contributed by atoms with Gasteiger partial charge in [-0.2, -0.15) is 0 Å². The van der Waals surface area contributed by atoms with Crippen LogP contribution >= 0.6 is 0 Å². The summed E-state index contributed by atoms with van der Waals surface area (Å²) in [5.74, 6) is -0.447. The Labute approximate surface area is 93.9 Å². The van der Waals surface area contributed by atoms with Gasteiger partial charge in [0.2, 0.25) is 0 Å². The molecule has 0 aromatic heterocycles. The number of aryl methyl sites for hydroxylation is 2. The largest absolute Gasteiger partial charge is 0.491 e. The van der Waals surface area contributed by atoms with Crippen LogP contribution in [0.3, 0.4) is 0 Å². The third-order valence-electron chi connectivity index (χ3n) is 1.37. The van der Waals surface area contributed by atoms with Crippen LogP contribution in [-0.2, 0) is 4.74 Å². The number of hydrogen-bond donors (Lipinski definition) is 0.